The number of hydrogen-bond acceptors (Lipinski definition) is 3. The Morgan fingerprint density at radius 3 is 2.33 bits per heavy atom. The molecule has 3 nitrogen and oxygen atoms in total. The SMILES string of the molecule is C=CC(=O)OC(=O)C(C)=CCC(F)(F)F. The lowest BCUT2D eigenvalue weighted by atomic mass is 10.2. The molecule has 0 radical (unpaired) electrons. The van der Waals surface area contributed by atoms with E-state index in [1.54, 1.807) is 0 Å². The van der Waals surface area contributed by atoms with Crippen LogP contribution in [-0.4, -0.2) is 18.1 Å². The molecule has 15 heavy (non-hydrogen) atoms. The van der Waals surface area contributed by atoms with Crippen molar-refractivity contribution >= 4 is 11.9 Å². The minimum atomic E-state index is -4.38. The molecule has 0 N–H and O–H groups in total. The Hall–Kier alpha value is -1.59. The van der Waals surface area contributed by atoms with E-state index < -0.39 is 24.5 Å². The summed E-state index contributed by atoms with van der Waals surface area (Å²) < 4.78 is 39.3. The molecule has 6 heteroatoms. The molecule has 0 saturated heterocycles. The Labute approximate surface area is 84.2 Å². The van der Waals surface area contributed by atoms with Crippen molar-refractivity contribution in [3.8, 4) is 0 Å². The summed E-state index contributed by atoms with van der Waals surface area (Å²) in [6.07, 6.45) is -4.23. The Balaban J connectivity index is 4.32. The third kappa shape index (κ3) is 6.48. The highest BCUT2D eigenvalue weighted by atomic mass is 19.4. The number of rotatable bonds is 3. The van der Waals surface area contributed by atoms with Crippen LogP contribution < -0.4 is 0 Å². The molecule has 0 bridgehead atoms. The van der Waals surface area contributed by atoms with Crippen LogP contribution in [0.5, 0.6) is 0 Å². The van der Waals surface area contributed by atoms with Crippen molar-refractivity contribution in [1.82, 2.24) is 0 Å². The predicted molar refractivity (Wildman–Crippen MR) is 45.7 cm³/mol. The van der Waals surface area contributed by atoms with Crippen LogP contribution in [0.25, 0.3) is 0 Å². The van der Waals surface area contributed by atoms with E-state index in [1.807, 2.05) is 0 Å². The minimum Gasteiger partial charge on any atom is -0.386 e. The van der Waals surface area contributed by atoms with E-state index in [2.05, 4.69) is 11.3 Å². The van der Waals surface area contributed by atoms with Gasteiger partial charge in [-0.1, -0.05) is 12.7 Å². The average Bonchev–Trinajstić information content (AvgIpc) is 2.12. The Bertz CT molecular complexity index is 302. The van der Waals surface area contributed by atoms with E-state index >= 15 is 0 Å². The molecule has 0 aliphatic rings. The second kappa shape index (κ2) is 5.33. The van der Waals surface area contributed by atoms with Crippen molar-refractivity contribution < 1.29 is 27.5 Å². The lowest BCUT2D eigenvalue weighted by molar-refractivity contribution is -0.153. The largest absolute Gasteiger partial charge is 0.392 e. The fraction of sp³-hybridized carbons (Fsp3) is 0.333. The fourth-order valence-electron chi connectivity index (χ4n) is 0.566. The first-order chi connectivity index (χ1) is 6.76. The van der Waals surface area contributed by atoms with Gasteiger partial charge >= 0.3 is 18.1 Å². The summed E-state index contributed by atoms with van der Waals surface area (Å²) in [4.78, 5) is 21.4. The van der Waals surface area contributed by atoms with Crippen molar-refractivity contribution in [1.29, 1.82) is 0 Å². The first-order valence-corrected chi connectivity index (χ1v) is 3.88. The van der Waals surface area contributed by atoms with E-state index in [4.69, 9.17) is 0 Å². The Morgan fingerprint density at radius 2 is 1.93 bits per heavy atom. The normalized spacial score (nSPS) is 12.1. The number of carbonyl (C=O) groups is 2. The summed E-state index contributed by atoms with van der Waals surface area (Å²) in [6.45, 7) is 4.16. The van der Waals surface area contributed by atoms with Crippen molar-refractivity contribution in [2.45, 2.75) is 19.5 Å². The lowest BCUT2D eigenvalue weighted by Gasteiger charge is -2.03. The molecule has 0 aromatic heterocycles. The summed E-state index contributed by atoms with van der Waals surface area (Å²) in [6, 6.07) is 0. The number of hydrogen-bond donors (Lipinski definition) is 0. The van der Waals surface area contributed by atoms with Crippen LogP contribution in [-0.2, 0) is 14.3 Å². The highest BCUT2D eigenvalue weighted by Crippen LogP contribution is 2.20. The molecule has 84 valence electrons. The number of ether oxygens (including phenoxy) is 1. The average molecular weight is 222 g/mol. The van der Waals surface area contributed by atoms with Crippen LogP contribution in [0, 0.1) is 0 Å². The summed E-state index contributed by atoms with van der Waals surface area (Å²) in [5.74, 6) is -2.11. The fourth-order valence-corrected chi connectivity index (χ4v) is 0.566. The highest BCUT2D eigenvalue weighted by Gasteiger charge is 2.25. The van der Waals surface area contributed by atoms with Gasteiger partial charge in [-0.15, -0.1) is 0 Å². The van der Waals surface area contributed by atoms with Gasteiger partial charge in [-0.05, 0) is 6.92 Å². The van der Waals surface area contributed by atoms with Crippen LogP contribution in [0.3, 0.4) is 0 Å². The molecule has 0 aromatic carbocycles. The van der Waals surface area contributed by atoms with Gasteiger partial charge < -0.3 is 4.74 Å². The van der Waals surface area contributed by atoms with Crippen molar-refractivity contribution in [2.24, 2.45) is 0 Å². The second-order valence-electron chi connectivity index (χ2n) is 2.62. The van der Waals surface area contributed by atoms with E-state index in [1.165, 1.54) is 0 Å². The van der Waals surface area contributed by atoms with Crippen LogP contribution in [0.1, 0.15) is 13.3 Å². The maximum Gasteiger partial charge on any atom is 0.392 e. The molecule has 0 unspecified atom stereocenters. The molecule has 0 saturated carbocycles. The summed E-state index contributed by atoms with van der Waals surface area (Å²) >= 11 is 0. The molecule has 0 amide bonds. The van der Waals surface area contributed by atoms with E-state index in [0.29, 0.717) is 6.08 Å². The number of alkyl halides is 3. The van der Waals surface area contributed by atoms with Crippen molar-refractivity contribution in [3.63, 3.8) is 0 Å². The molecule has 0 heterocycles. The molecular formula is C9H9F3O3. The van der Waals surface area contributed by atoms with Gasteiger partial charge in [0.25, 0.3) is 0 Å². The molecule has 0 aliphatic carbocycles. The van der Waals surface area contributed by atoms with Crippen LogP contribution in [0.15, 0.2) is 24.3 Å². The van der Waals surface area contributed by atoms with Crippen molar-refractivity contribution in [2.75, 3.05) is 0 Å². The summed E-state index contributed by atoms with van der Waals surface area (Å²) in [5, 5.41) is 0. The maximum absolute atomic E-state index is 11.7. The number of halogens is 3. The van der Waals surface area contributed by atoms with Gasteiger partial charge in [0.1, 0.15) is 0 Å². The molecule has 0 atom stereocenters. The molecular weight excluding hydrogens is 213 g/mol. The molecule has 0 rings (SSSR count). The van der Waals surface area contributed by atoms with Gasteiger partial charge in [-0.3, -0.25) is 0 Å². The van der Waals surface area contributed by atoms with E-state index in [9.17, 15) is 22.8 Å². The first kappa shape index (κ1) is 13.4. The third-order valence-corrected chi connectivity index (χ3v) is 1.32. The Kier molecular flexibility index (Phi) is 4.77. The van der Waals surface area contributed by atoms with Gasteiger partial charge in [0.15, 0.2) is 0 Å². The smallest absolute Gasteiger partial charge is 0.386 e. The van der Waals surface area contributed by atoms with Crippen LogP contribution in [0.4, 0.5) is 13.2 Å². The van der Waals surface area contributed by atoms with Crippen LogP contribution >= 0.6 is 0 Å². The lowest BCUT2D eigenvalue weighted by Crippen LogP contribution is -2.12. The summed E-state index contributed by atoms with van der Waals surface area (Å²) in [7, 11) is 0. The van der Waals surface area contributed by atoms with Gasteiger partial charge in [-0.2, -0.15) is 13.2 Å². The molecule has 0 spiro atoms. The number of esters is 2. The zero-order chi connectivity index (χ0) is 12.1. The van der Waals surface area contributed by atoms with Gasteiger partial charge in [0.05, 0.1) is 6.42 Å². The maximum atomic E-state index is 11.7. The second-order valence-corrected chi connectivity index (χ2v) is 2.62. The highest BCUT2D eigenvalue weighted by molar-refractivity contribution is 5.98. The Morgan fingerprint density at radius 1 is 1.40 bits per heavy atom. The number of allylic oxidation sites excluding steroid dienone is 1. The predicted octanol–water partition coefficient (Wildman–Crippen LogP) is 2.14. The van der Waals surface area contributed by atoms with Crippen LogP contribution in [0.2, 0.25) is 0 Å². The standard InChI is InChI=1S/C9H9F3O3/c1-3-7(13)15-8(14)6(2)4-5-9(10,11)12/h3-4H,1,5H2,2H3. The van der Waals surface area contributed by atoms with Gasteiger partial charge in [0, 0.05) is 11.6 Å². The first-order valence-electron chi connectivity index (χ1n) is 3.88. The third-order valence-electron chi connectivity index (χ3n) is 1.32. The van der Waals surface area contributed by atoms with Gasteiger partial charge in [-0.25, -0.2) is 9.59 Å². The molecule has 0 aliphatic heterocycles. The zero-order valence-electron chi connectivity index (χ0n) is 7.93. The molecule has 0 fully saturated rings. The van der Waals surface area contributed by atoms with E-state index in [-0.39, 0.29) is 5.57 Å². The molecule has 0 aromatic rings. The topological polar surface area (TPSA) is 43.4 Å². The number of carbonyl (C=O) groups excluding carboxylic acids is 2. The van der Waals surface area contributed by atoms with Gasteiger partial charge in [0.2, 0.25) is 0 Å². The van der Waals surface area contributed by atoms with Crippen molar-refractivity contribution in [3.05, 3.63) is 24.3 Å². The van der Waals surface area contributed by atoms with E-state index in [0.717, 1.165) is 13.0 Å². The zero-order valence-corrected chi connectivity index (χ0v) is 7.93. The minimum absolute atomic E-state index is 0.275. The monoisotopic (exact) mass is 222 g/mol. The summed E-state index contributed by atoms with van der Waals surface area (Å²) in [5.41, 5.74) is -0.275. The quantitative estimate of drug-likeness (QED) is 0.417.